The van der Waals surface area contributed by atoms with Gasteiger partial charge >= 0.3 is 0 Å². The Morgan fingerprint density at radius 2 is 2.22 bits per heavy atom. The highest BCUT2D eigenvalue weighted by molar-refractivity contribution is 5.98. The molecule has 2 aromatic rings. The third-order valence-corrected chi connectivity index (χ3v) is 3.60. The summed E-state index contributed by atoms with van der Waals surface area (Å²) in [7, 11) is 0. The van der Waals surface area contributed by atoms with Crippen molar-refractivity contribution >= 4 is 16.8 Å². The number of aryl methyl sites for hydroxylation is 1. The van der Waals surface area contributed by atoms with Crippen molar-refractivity contribution in [2.75, 3.05) is 0 Å². The van der Waals surface area contributed by atoms with Crippen molar-refractivity contribution < 1.29 is 9.21 Å². The van der Waals surface area contributed by atoms with E-state index in [9.17, 15) is 4.79 Å². The number of hydrogen-bond donors (Lipinski definition) is 1. The van der Waals surface area contributed by atoms with Crippen LogP contribution in [0, 0.1) is 12.8 Å². The highest BCUT2D eigenvalue weighted by Gasteiger charge is 2.30. The van der Waals surface area contributed by atoms with Gasteiger partial charge in [0, 0.05) is 17.8 Å². The average Bonchev–Trinajstić information content (AvgIpc) is 3.09. The molecule has 18 heavy (non-hydrogen) atoms. The van der Waals surface area contributed by atoms with E-state index in [0.717, 1.165) is 29.4 Å². The minimum absolute atomic E-state index is 0.00699. The molecule has 2 N–H and O–H groups in total. The number of carbonyl (C=O) groups is 1. The number of hydrogen-bond acceptors (Lipinski definition) is 3. The van der Waals surface area contributed by atoms with Gasteiger partial charge in [0.05, 0.1) is 0 Å². The Labute approximate surface area is 106 Å². The van der Waals surface area contributed by atoms with Crippen LogP contribution in [-0.4, -0.2) is 11.8 Å². The molecule has 94 valence electrons. The molecule has 1 fully saturated rings. The van der Waals surface area contributed by atoms with Crippen molar-refractivity contribution in [1.82, 2.24) is 0 Å². The zero-order valence-corrected chi connectivity index (χ0v) is 10.5. The van der Waals surface area contributed by atoms with Gasteiger partial charge < -0.3 is 10.2 Å². The van der Waals surface area contributed by atoms with Gasteiger partial charge in [-0.1, -0.05) is 11.6 Å². The van der Waals surface area contributed by atoms with E-state index in [1.807, 2.05) is 31.2 Å². The summed E-state index contributed by atoms with van der Waals surface area (Å²) >= 11 is 0. The van der Waals surface area contributed by atoms with Gasteiger partial charge in [-0.25, -0.2) is 0 Å². The van der Waals surface area contributed by atoms with Crippen LogP contribution in [0.1, 0.15) is 35.4 Å². The monoisotopic (exact) mass is 243 g/mol. The van der Waals surface area contributed by atoms with E-state index in [2.05, 4.69) is 0 Å². The van der Waals surface area contributed by atoms with Crippen LogP contribution in [0.15, 0.2) is 28.7 Å². The fourth-order valence-electron chi connectivity index (χ4n) is 2.31. The Kier molecular flexibility index (Phi) is 2.71. The topological polar surface area (TPSA) is 56.2 Å². The van der Waals surface area contributed by atoms with Crippen LogP contribution in [0.25, 0.3) is 11.0 Å². The SMILES string of the molecule is Cc1ccc2oc(C(=O)CC(N)C3CC3)cc2c1. The maximum atomic E-state index is 12.1. The summed E-state index contributed by atoms with van der Waals surface area (Å²) in [6.45, 7) is 2.02. The predicted octanol–water partition coefficient (Wildman–Crippen LogP) is 3.05. The van der Waals surface area contributed by atoms with Crippen LogP contribution < -0.4 is 5.73 Å². The zero-order chi connectivity index (χ0) is 12.7. The van der Waals surface area contributed by atoms with Crippen LogP contribution in [0.3, 0.4) is 0 Å². The molecule has 1 aromatic carbocycles. The van der Waals surface area contributed by atoms with Crippen molar-refractivity contribution in [3.63, 3.8) is 0 Å². The van der Waals surface area contributed by atoms with Gasteiger partial charge in [0.25, 0.3) is 0 Å². The van der Waals surface area contributed by atoms with Crippen molar-refractivity contribution in [2.24, 2.45) is 11.7 Å². The van der Waals surface area contributed by atoms with Crippen LogP contribution in [-0.2, 0) is 0 Å². The molecule has 0 aliphatic heterocycles. The maximum Gasteiger partial charge on any atom is 0.199 e. The molecule has 3 rings (SSSR count). The van der Waals surface area contributed by atoms with Gasteiger partial charge in [0.1, 0.15) is 5.58 Å². The summed E-state index contributed by atoms with van der Waals surface area (Å²) in [6, 6.07) is 7.73. The Morgan fingerprint density at radius 1 is 1.44 bits per heavy atom. The summed E-state index contributed by atoms with van der Waals surface area (Å²) in [6.07, 6.45) is 2.71. The second kappa shape index (κ2) is 4.25. The molecule has 0 amide bonds. The molecule has 1 atom stereocenters. The lowest BCUT2D eigenvalue weighted by Gasteiger charge is -2.06. The van der Waals surface area contributed by atoms with E-state index < -0.39 is 0 Å². The van der Waals surface area contributed by atoms with Gasteiger partial charge in [-0.05, 0) is 43.9 Å². The summed E-state index contributed by atoms with van der Waals surface area (Å²) in [5.74, 6) is 0.996. The zero-order valence-electron chi connectivity index (χ0n) is 10.5. The Morgan fingerprint density at radius 3 is 2.94 bits per heavy atom. The molecular weight excluding hydrogens is 226 g/mol. The minimum atomic E-state index is -0.00699. The van der Waals surface area contributed by atoms with Gasteiger partial charge in [-0.3, -0.25) is 4.79 Å². The fraction of sp³-hybridized carbons (Fsp3) is 0.400. The first-order chi connectivity index (χ1) is 8.63. The van der Waals surface area contributed by atoms with E-state index in [-0.39, 0.29) is 11.8 Å². The molecule has 1 unspecified atom stereocenters. The Balaban J connectivity index is 1.82. The van der Waals surface area contributed by atoms with Crippen molar-refractivity contribution in [2.45, 2.75) is 32.2 Å². The highest BCUT2D eigenvalue weighted by Crippen LogP contribution is 2.33. The quantitative estimate of drug-likeness (QED) is 0.840. The lowest BCUT2D eigenvalue weighted by molar-refractivity contribution is 0.0946. The summed E-state index contributed by atoms with van der Waals surface area (Å²) in [5, 5.41) is 0.985. The van der Waals surface area contributed by atoms with E-state index in [1.54, 1.807) is 0 Å². The third-order valence-electron chi connectivity index (χ3n) is 3.60. The number of furan rings is 1. The number of carbonyl (C=O) groups excluding carboxylic acids is 1. The molecule has 0 spiro atoms. The predicted molar refractivity (Wildman–Crippen MR) is 70.6 cm³/mol. The molecule has 1 saturated carbocycles. The third kappa shape index (κ3) is 2.18. The van der Waals surface area contributed by atoms with Crippen LogP contribution in [0.2, 0.25) is 0 Å². The molecule has 1 aliphatic carbocycles. The molecule has 3 nitrogen and oxygen atoms in total. The highest BCUT2D eigenvalue weighted by atomic mass is 16.3. The van der Waals surface area contributed by atoms with Gasteiger partial charge in [-0.15, -0.1) is 0 Å². The maximum absolute atomic E-state index is 12.1. The number of nitrogens with two attached hydrogens (primary N) is 1. The standard InChI is InChI=1S/C15H17NO2/c1-9-2-5-14-11(6-9)7-15(18-14)13(17)8-12(16)10-3-4-10/h2,5-7,10,12H,3-4,8,16H2,1H3. The normalized spacial score (nSPS) is 17.0. The van der Waals surface area contributed by atoms with Crippen LogP contribution in [0.5, 0.6) is 0 Å². The van der Waals surface area contributed by atoms with Crippen molar-refractivity contribution in [1.29, 1.82) is 0 Å². The summed E-state index contributed by atoms with van der Waals surface area (Å²) in [5.41, 5.74) is 7.90. The van der Waals surface area contributed by atoms with Crippen LogP contribution >= 0.6 is 0 Å². The number of fused-ring (bicyclic) bond motifs is 1. The lowest BCUT2D eigenvalue weighted by atomic mass is 10.1. The van der Waals surface area contributed by atoms with Crippen LogP contribution in [0.4, 0.5) is 0 Å². The summed E-state index contributed by atoms with van der Waals surface area (Å²) in [4.78, 5) is 12.1. The molecule has 1 aliphatic rings. The van der Waals surface area contributed by atoms with E-state index >= 15 is 0 Å². The Hall–Kier alpha value is -1.61. The fourth-order valence-corrected chi connectivity index (χ4v) is 2.31. The first-order valence-corrected chi connectivity index (χ1v) is 6.42. The number of rotatable bonds is 4. The summed E-state index contributed by atoms with van der Waals surface area (Å²) < 4.78 is 5.58. The van der Waals surface area contributed by atoms with E-state index in [1.165, 1.54) is 0 Å². The molecular formula is C15H17NO2. The first kappa shape index (κ1) is 11.5. The Bertz CT molecular complexity index is 596. The number of Topliss-reactive ketones (excluding diaryl/α,β-unsaturated/α-hetero) is 1. The molecule has 0 bridgehead atoms. The average molecular weight is 243 g/mol. The van der Waals surface area contributed by atoms with E-state index in [0.29, 0.717) is 18.1 Å². The number of ketones is 1. The second-order valence-electron chi connectivity index (χ2n) is 5.28. The molecule has 3 heteroatoms. The molecule has 1 heterocycles. The first-order valence-electron chi connectivity index (χ1n) is 6.42. The number of benzene rings is 1. The van der Waals surface area contributed by atoms with Gasteiger partial charge in [-0.2, -0.15) is 0 Å². The van der Waals surface area contributed by atoms with Gasteiger partial charge in [0.15, 0.2) is 11.5 Å². The van der Waals surface area contributed by atoms with E-state index in [4.69, 9.17) is 10.2 Å². The smallest absolute Gasteiger partial charge is 0.199 e. The molecule has 0 radical (unpaired) electrons. The second-order valence-corrected chi connectivity index (χ2v) is 5.28. The molecule has 1 aromatic heterocycles. The largest absolute Gasteiger partial charge is 0.453 e. The van der Waals surface area contributed by atoms with Crippen molar-refractivity contribution in [3.05, 3.63) is 35.6 Å². The lowest BCUT2D eigenvalue weighted by Crippen LogP contribution is -2.25. The van der Waals surface area contributed by atoms with Crippen molar-refractivity contribution in [3.8, 4) is 0 Å². The minimum Gasteiger partial charge on any atom is -0.453 e. The molecule has 0 saturated heterocycles. The van der Waals surface area contributed by atoms with Gasteiger partial charge in [0.2, 0.25) is 0 Å².